The van der Waals surface area contributed by atoms with Crippen molar-refractivity contribution in [1.29, 1.82) is 0 Å². The van der Waals surface area contributed by atoms with E-state index in [9.17, 15) is 0 Å². The summed E-state index contributed by atoms with van der Waals surface area (Å²) < 4.78 is 5.46. The van der Waals surface area contributed by atoms with Crippen LogP contribution in [0.4, 0.5) is 0 Å². The van der Waals surface area contributed by atoms with Gasteiger partial charge >= 0.3 is 0 Å². The van der Waals surface area contributed by atoms with E-state index in [1.165, 1.54) is 5.56 Å². The molecule has 3 heteroatoms. The topological polar surface area (TPSA) is 15.7 Å². The second kappa shape index (κ2) is 7.09. The van der Waals surface area contributed by atoms with E-state index in [0.717, 1.165) is 18.8 Å². The first-order chi connectivity index (χ1) is 9.27. The van der Waals surface area contributed by atoms with Gasteiger partial charge in [-0.15, -0.1) is 0 Å². The number of rotatable bonds is 6. The molecule has 0 unspecified atom stereocenters. The van der Waals surface area contributed by atoms with E-state index in [2.05, 4.69) is 63.7 Å². The highest BCUT2D eigenvalue weighted by Gasteiger charge is 2.19. The molecule has 20 heavy (non-hydrogen) atoms. The van der Waals surface area contributed by atoms with Crippen molar-refractivity contribution in [2.45, 2.75) is 39.3 Å². The van der Waals surface area contributed by atoms with Crippen molar-refractivity contribution in [3.63, 3.8) is 0 Å². The van der Waals surface area contributed by atoms with Crippen LogP contribution in [0.3, 0.4) is 0 Å². The number of ether oxygens (including phenoxy) is 1. The van der Waals surface area contributed by atoms with E-state index in [1.807, 2.05) is 12.1 Å². The van der Waals surface area contributed by atoms with Crippen LogP contribution in [0, 0.1) is 0 Å². The first-order valence-electron chi connectivity index (χ1n) is 7.31. The summed E-state index contributed by atoms with van der Waals surface area (Å²) in [6.07, 6.45) is 0. The maximum absolute atomic E-state index is 5.46. The van der Waals surface area contributed by atoms with E-state index < -0.39 is 0 Å². The van der Waals surface area contributed by atoms with Crippen molar-refractivity contribution in [2.24, 2.45) is 0 Å². The molecule has 0 saturated carbocycles. The molecule has 0 saturated heterocycles. The maximum Gasteiger partial charge on any atom is 0.123 e. The monoisotopic (exact) mass is 278 g/mol. The lowest BCUT2D eigenvalue weighted by atomic mass is 10.1. The summed E-state index contributed by atoms with van der Waals surface area (Å²) in [7, 11) is 6.09. The summed E-state index contributed by atoms with van der Waals surface area (Å²) in [6.45, 7) is 11.1. The Labute approximate surface area is 124 Å². The fourth-order valence-corrected chi connectivity index (χ4v) is 2.09. The SMILES string of the molecule is COc1ccccc1[C@H](C)N(C)CCN(C)C(C)(C)C. The number of nitrogens with zero attached hydrogens (tertiary/aromatic N) is 2. The lowest BCUT2D eigenvalue weighted by molar-refractivity contribution is 0.141. The fourth-order valence-electron chi connectivity index (χ4n) is 2.09. The summed E-state index contributed by atoms with van der Waals surface area (Å²) in [5.41, 5.74) is 1.46. The van der Waals surface area contributed by atoms with Crippen molar-refractivity contribution in [1.82, 2.24) is 9.80 Å². The van der Waals surface area contributed by atoms with Crippen molar-refractivity contribution >= 4 is 0 Å². The normalized spacial score (nSPS) is 13.8. The Kier molecular flexibility index (Phi) is 6.03. The van der Waals surface area contributed by atoms with E-state index in [-0.39, 0.29) is 5.54 Å². The Morgan fingerprint density at radius 1 is 1.10 bits per heavy atom. The molecule has 1 rings (SSSR count). The lowest BCUT2D eigenvalue weighted by Crippen LogP contribution is -2.42. The van der Waals surface area contributed by atoms with Gasteiger partial charge in [-0.1, -0.05) is 18.2 Å². The molecule has 0 aliphatic heterocycles. The van der Waals surface area contributed by atoms with Gasteiger partial charge in [-0.25, -0.2) is 0 Å². The quantitative estimate of drug-likeness (QED) is 0.793. The summed E-state index contributed by atoms with van der Waals surface area (Å²) in [5.74, 6) is 0.969. The van der Waals surface area contributed by atoms with Crippen molar-refractivity contribution in [3.8, 4) is 5.75 Å². The van der Waals surface area contributed by atoms with E-state index in [1.54, 1.807) is 7.11 Å². The molecule has 114 valence electrons. The van der Waals surface area contributed by atoms with Crippen LogP contribution in [-0.4, -0.2) is 49.6 Å². The molecule has 1 aromatic rings. The van der Waals surface area contributed by atoms with Crippen molar-refractivity contribution in [3.05, 3.63) is 29.8 Å². The number of benzene rings is 1. The third kappa shape index (κ3) is 4.50. The Morgan fingerprint density at radius 2 is 1.70 bits per heavy atom. The van der Waals surface area contributed by atoms with Gasteiger partial charge in [0.1, 0.15) is 5.75 Å². The molecule has 3 nitrogen and oxygen atoms in total. The summed E-state index contributed by atoms with van der Waals surface area (Å²) in [6, 6.07) is 8.61. The summed E-state index contributed by atoms with van der Waals surface area (Å²) >= 11 is 0. The van der Waals surface area contributed by atoms with Gasteiger partial charge in [-0.05, 0) is 47.9 Å². The molecule has 0 bridgehead atoms. The molecule has 0 amide bonds. The van der Waals surface area contributed by atoms with Crippen LogP contribution in [0.5, 0.6) is 5.75 Å². The van der Waals surface area contributed by atoms with Crippen LogP contribution in [0.1, 0.15) is 39.3 Å². The third-order valence-corrected chi connectivity index (χ3v) is 4.18. The smallest absolute Gasteiger partial charge is 0.123 e. The van der Waals surface area contributed by atoms with E-state index in [4.69, 9.17) is 4.74 Å². The highest BCUT2D eigenvalue weighted by atomic mass is 16.5. The predicted molar refractivity (Wildman–Crippen MR) is 86.4 cm³/mol. The van der Waals surface area contributed by atoms with Gasteiger partial charge in [-0.2, -0.15) is 0 Å². The van der Waals surface area contributed by atoms with Crippen LogP contribution in [-0.2, 0) is 0 Å². The molecular weight excluding hydrogens is 248 g/mol. The first-order valence-corrected chi connectivity index (χ1v) is 7.31. The Hall–Kier alpha value is -1.06. The number of hydrogen-bond acceptors (Lipinski definition) is 3. The molecule has 1 atom stereocenters. The van der Waals surface area contributed by atoms with Crippen molar-refractivity contribution in [2.75, 3.05) is 34.3 Å². The zero-order chi connectivity index (χ0) is 15.3. The van der Waals surface area contributed by atoms with Gasteiger partial charge < -0.3 is 9.64 Å². The molecule has 0 aliphatic carbocycles. The molecule has 0 aliphatic rings. The number of methoxy groups -OCH3 is 1. The largest absolute Gasteiger partial charge is 0.496 e. The third-order valence-electron chi connectivity index (χ3n) is 4.18. The highest BCUT2D eigenvalue weighted by Crippen LogP contribution is 2.27. The molecule has 0 spiro atoms. The van der Waals surface area contributed by atoms with Crippen LogP contribution in [0.25, 0.3) is 0 Å². The van der Waals surface area contributed by atoms with Gasteiger partial charge in [0.2, 0.25) is 0 Å². The second-order valence-corrected chi connectivity index (χ2v) is 6.49. The van der Waals surface area contributed by atoms with Gasteiger partial charge in [0.25, 0.3) is 0 Å². The zero-order valence-electron chi connectivity index (χ0n) is 14.1. The zero-order valence-corrected chi connectivity index (χ0v) is 14.1. The standard InChI is InChI=1S/C17H30N2O/c1-14(15-10-8-9-11-16(15)20-7)18(5)12-13-19(6)17(2,3)4/h8-11,14H,12-13H2,1-7H3/t14-/m0/s1. The fraction of sp³-hybridized carbons (Fsp3) is 0.647. The number of para-hydroxylation sites is 1. The Balaban J connectivity index is 2.65. The van der Waals surface area contributed by atoms with E-state index in [0.29, 0.717) is 6.04 Å². The molecule has 0 heterocycles. The first kappa shape index (κ1) is 17.0. The molecule has 0 radical (unpaired) electrons. The summed E-state index contributed by atoms with van der Waals surface area (Å²) in [4.78, 5) is 4.76. The van der Waals surface area contributed by atoms with Crippen LogP contribution in [0.15, 0.2) is 24.3 Å². The number of likely N-dealkylation sites (N-methyl/N-ethyl adjacent to an activating group) is 2. The maximum atomic E-state index is 5.46. The average Bonchev–Trinajstić information content (AvgIpc) is 2.42. The molecule has 0 fully saturated rings. The molecule has 0 aromatic heterocycles. The minimum Gasteiger partial charge on any atom is -0.496 e. The van der Waals surface area contributed by atoms with Gasteiger partial charge in [-0.3, -0.25) is 4.90 Å². The Bertz CT molecular complexity index is 412. The Morgan fingerprint density at radius 3 is 2.25 bits per heavy atom. The molecule has 0 N–H and O–H groups in total. The minimum absolute atomic E-state index is 0.217. The van der Waals surface area contributed by atoms with Crippen molar-refractivity contribution < 1.29 is 4.74 Å². The highest BCUT2D eigenvalue weighted by molar-refractivity contribution is 5.35. The average molecular weight is 278 g/mol. The second-order valence-electron chi connectivity index (χ2n) is 6.49. The van der Waals surface area contributed by atoms with Crippen LogP contribution < -0.4 is 4.74 Å². The van der Waals surface area contributed by atoms with Gasteiger partial charge in [0, 0.05) is 30.2 Å². The lowest BCUT2D eigenvalue weighted by Gasteiger charge is -2.34. The predicted octanol–water partition coefficient (Wildman–Crippen LogP) is 3.42. The number of hydrogen-bond donors (Lipinski definition) is 0. The minimum atomic E-state index is 0.217. The van der Waals surface area contributed by atoms with Crippen LogP contribution >= 0.6 is 0 Å². The molecular formula is C17H30N2O. The summed E-state index contributed by atoms with van der Waals surface area (Å²) in [5, 5.41) is 0. The van der Waals surface area contributed by atoms with E-state index >= 15 is 0 Å². The molecule has 1 aromatic carbocycles. The van der Waals surface area contributed by atoms with Gasteiger partial charge in [0.05, 0.1) is 7.11 Å². The van der Waals surface area contributed by atoms with Gasteiger partial charge in [0.15, 0.2) is 0 Å². The van der Waals surface area contributed by atoms with Crippen LogP contribution in [0.2, 0.25) is 0 Å².